The van der Waals surface area contributed by atoms with Crippen molar-refractivity contribution in [3.8, 4) is 0 Å². The van der Waals surface area contributed by atoms with Crippen LogP contribution in [0, 0.1) is 17.8 Å². The van der Waals surface area contributed by atoms with E-state index in [9.17, 15) is 14.7 Å². The van der Waals surface area contributed by atoms with Crippen molar-refractivity contribution in [1.82, 2.24) is 5.32 Å². The molecule has 19 heavy (non-hydrogen) atoms. The van der Waals surface area contributed by atoms with Gasteiger partial charge in [-0.3, -0.25) is 9.59 Å². The van der Waals surface area contributed by atoms with E-state index in [-0.39, 0.29) is 24.3 Å². The molecule has 5 nitrogen and oxygen atoms in total. The van der Waals surface area contributed by atoms with Crippen LogP contribution in [0.25, 0.3) is 0 Å². The molecular formula is C14H21NO4. The summed E-state index contributed by atoms with van der Waals surface area (Å²) in [6.07, 6.45) is 4.99. The van der Waals surface area contributed by atoms with Crippen LogP contribution in [0.5, 0.6) is 0 Å². The normalized spacial score (nSPS) is 38.8. The van der Waals surface area contributed by atoms with Crippen molar-refractivity contribution in [1.29, 1.82) is 0 Å². The third-order valence-electron chi connectivity index (χ3n) is 5.29. The minimum atomic E-state index is -0.771. The van der Waals surface area contributed by atoms with Gasteiger partial charge in [-0.05, 0) is 50.4 Å². The Bertz CT molecular complexity index is 404. The maximum atomic E-state index is 11.9. The molecule has 0 radical (unpaired) electrons. The second-order valence-corrected chi connectivity index (χ2v) is 6.59. The van der Waals surface area contributed by atoms with Crippen molar-refractivity contribution in [2.24, 2.45) is 17.8 Å². The van der Waals surface area contributed by atoms with Crippen molar-refractivity contribution >= 4 is 11.9 Å². The summed E-state index contributed by atoms with van der Waals surface area (Å²) in [6.45, 7) is 0. The molecule has 3 aliphatic carbocycles. The smallest absolute Gasteiger partial charge is 0.306 e. The van der Waals surface area contributed by atoms with E-state index in [2.05, 4.69) is 5.32 Å². The molecule has 1 amide bonds. The molecule has 0 aromatic heterocycles. The molecule has 3 fully saturated rings. The Balaban J connectivity index is 1.47. The highest BCUT2D eigenvalue weighted by Crippen LogP contribution is 2.49. The third-order valence-corrected chi connectivity index (χ3v) is 5.29. The molecule has 4 atom stereocenters. The maximum absolute atomic E-state index is 11.9. The summed E-state index contributed by atoms with van der Waals surface area (Å²) in [6, 6.07) is 0.130. The van der Waals surface area contributed by atoms with Gasteiger partial charge in [0.1, 0.15) is 0 Å². The number of carbonyl (C=O) groups excluding carboxylic acids is 1. The molecule has 0 saturated heterocycles. The molecule has 5 heteroatoms. The Labute approximate surface area is 112 Å². The number of fused-ring (bicyclic) bond motifs is 1. The minimum Gasteiger partial charge on any atom is -0.481 e. The largest absolute Gasteiger partial charge is 0.481 e. The molecule has 0 aliphatic heterocycles. The van der Waals surface area contributed by atoms with E-state index in [4.69, 9.17) is 5.11 Å². The van der Waals surface area contributed by atoms with Gasteiger partial charge in [-0.25, -0.2) is 0 Å². The second-order valence-electron chi connectivity index (χ2n) is 6.59. The number of rotatable bonds is 4. The van der Waals surface area contributed by atoms with Crippen LogP contribution < -0.4 is 5.32 Å². The number of aliphatic carboxylic acids is 1. The average Bonchev–Trinajstić information content (AvgIpc) is 2.62. The Hall–Kier alpha value is -1.10. The lowest BCUT2D eigenvalue weighted by atomic mass is 9.71. The lowest BCUT2D eigenvalue weighted by Gasteiger charge is -2.42. The van der Waals surface area contributed by atoms with Crippen molar-refractivity contribution in [3.05, 3.63) is 0 Å². The van der Waals surface area contributed by atoms with Crippen molar-refractivity contribution in [2.75, 3.05) is 0 Å². The first kappa shape index (κ1) is 12.9. The summed E-state index contributed by atoms with van der Waals surface area (Å²) >= 11 is 0. The Kier molecular flexibility index (Phi) is 3.04. The second kappa shape index (κ2) is 4.47. The summed E-state index contributed by atoms with van der Waals surface area (Å²) in [5, 5.41) is 21.9. The first-order chi connectivity index (χ1) is 8.97. The number of aliphatic hydroxyl groups is 1. The van der Waals surface area contributed by atoms with Crippen LogP contribution >= 0.6 is 0 Å². The lowest BCUT2D eigenvalue weighted by molar-refractivity contribution is -0.141. The topological polar surface area (TPSA) is 86.6 Å². The van der Waals surface area contributed by atoms with Crippen molar-refractivity contribution in [3.63, 3.8) is 0 Å². The molecule has 0 aromatic carbocycles. The van der Waals surface area contributed by atoms with Crippen LogP contribution in [0.15, 0.2) is 0 Å². The van der Waals surface area contributed by atoms with E-state index in [1.54, 1.807) is 0 Å². The van der Waals surface area contributed by atoms with E-state index in [0.29, 0.717) is 18.3 Å². The fourth-order valence-electron chi connectivity index (χ4n) is 3.91. The number of hydrogen-bond acceptors (Lipinski definition) is 3. The molecule has 3 rings (SSSR count). The standard InChI is InChI=1S/C14H21NO4/c16-12(7-14(19)2-1-3-14)15-11-6-8-4-9(13(17)18)5-10(8)11/h8-11,19H,1-7H2,(H,15,16)(H,17,18)/t8-,9?,10-,11+/m1/s1. The fourth-order valence-corrected chi connectivity index (χ4v) is 3.91. The number of amides is 1. The summed E-state index contributed by atoms with van der Waals surface area (Å²) < 4.78 is 0. The Morgan fingerprint density at radius 1 is 1.21 bits per heavy atom. The predicted octanol–water partition coefficient (Wildman–Crippen LogP) is 0.907. The SMILES string of the molecule is O=C(CC1(O)CCC1)N[C@H]1C[C@H]2CC(C(=O)O)C[C@H]21. The third kappa shape index (κ3) is 2.36. The van der Waals surface area contributed by atoms with E-state index in [0.717, 1.165) is 32.1 Å². The van der Waals surface area contributed by atoms with Gasteiger partial charge in [-0.15, -0.1) is 0 Å². The van der Waals surface area contributed by atoms with E-state index in [1.807, 2.05) is 0 Å². The predicted molar refractivity (Wildman–Crippen MR) is 67.3 cm³/mol. The summed E-state index contributed by atoms with van der Waals surface area (Å²) in [7, 11) is 0. The first-order valence-corrected chi connectivity index (χ1v) is 7.21. The van der Waals surface area contributed by atoms with Crippen LogP contribution in [0.3, 0.4) is 0 Å². The van der Waals surface area contributed by atoms with Crippen LogP contribution in [0.2, 0.25) is 0 Å². The highest BCUT2D eigenvalue weighted by Gasteiger charge is 2.50. The van der Waals surface area contributed by atoms with Crippen LogP contribution in [-0.2, 0) is 9.59 Å². The van der Waals surface area contributed by atoms with Gasteiger partial charge in [-0.2, -0.15) is 0 Å². The summed E-state index contributed by atoms with van der Waals surface area (Å²) in [5.74, 6) is -0.209. The zero-order valence-corrected chi connectivity index (χ0v) is 11.0. The van der Waals surface area contributed by atoms with Crippen LogP contribution in [-0.4, -0.2) is 33.7 Å². The molecule has 3 N–H and O–H groups in total. The average molecular weight is 267 g/mol. The lowest BCUT2D eigenvalue weighted by Crippen LogP contribution is -2.52. The molecular weight excluding hydrogens is 246 g/mol. The van der Waals surface area contributed by atoms with Gasteiger partial charge in [-0.1, -0.05) is 0 Å². The highest BCUT2D eigenvalue weighted by molar-refractivity contribution is 5.77. The Morgan fingerprint density at radius 2 is 1.95 bits per heavy atom. The molecule has 0 heterocycles. The number of hydrogen-bond donors (Lipinski definition) is 3. The van der Waals surface area contributed by atoms with E-state index < -0.39 is 11.6 Å². The van der Waals surface area contributed by atoms with Crippen molar-refractivity contribution < 1.29 is 19.8 Å². The van der Waals surface area contributed by atoms with E-state index >= 15 is 0 Å². The number of carbonyl (C=O) groups is 2. The van der Waals surface area contributed by atoms with Gasteiger partial charge in [0.05, 0.1) is 17.9 Å². The molecule has 1 unspecified atom stereocenters. The zero-order chi connectivity index (χ0) is 13.6. The van der Waals surface area contributed by atoms with Gasteiger partial charge in [0, 0.05) is 6.04 Å². The van der Waals surface area contributed by atoms with Crippen LogP contribution in [0.4, 0.5) is 0 Å². The zero-order valence-electron chi connectivity index (χ0n) is 11.0. The van der Waals surface area contributed by atoms with Gasteiger partial charge >= 0.3 is 5.97 Å². The summed E-state index contributed by atoms with van der Waals surface area (Å²) in [5.41, 5.74) is -0.771. The van der Waals surface area contributed by atoms with Crippen molar-refractivity contribution in [2.45, 2.75) is 56.6 Å². The quantitative estimate of drug-likeness (QED) is 0.706. The summed E-state index contributed by atoms with van der Waals surface area (Å²) in [4.78, 5) is 22.8. The number of carboxylic acid groups (broad SMARTS) is 1. The first-order valence-electron chi connectivity index (χ1n) is 7.21. The Morgan fingerprint density at radius 3 is 2.53 bits per heavy atom. The number of nitrogens with one attached hydrogen (secondary N) is 1. The van der Waals surface area contributed by atoms with Crippen LogP contribution in [0.1, 0.15) is 44.9 Å². The maximum Gasteiger partial charge on any atom is 0.306 e. The molecule has 3 saturated carbocycles. The van der Waals surface area contributed by atoms with Gasteiger partial charge in [0.2, 0.25) is 5.91 Å². The van der Waals surface area contributed by atoms with Gasteiger partial charge in [0.15, 0.2) is 0 Å². The highest BCUT2D eigenvalue weighted by atomic mass is 16.4. The molecule has 3 aliphatic rings. The number of carboxylic acids is 1. The fraction of sp³-hybridized carbons (Fsp3) is 0.857. The molecule has 0 bridgehead atoms. The molecule has 106 valence electrons. The van der Waals surface area contributed by atoms with Gasteiger partial charge in [0.25, 0.3) is 0 Å². The van der Waals surface area contributed by atoms with E-state index in [1.165, 1.54) is 0 Å². The molecule has 0 spiro atoms. The minimum absolute atomic E-state index is 0.0792. The van der Waals surface area contributed by atoms with Gasteiger partial charge < -0.3 is 15.5 Å². The molecule has 0 aromatic rings. The monoisotopic (exact) mass is 267 g/mol.